The van der Waals surface area contributed by atoms with E-state index in [1.807, 2.05) is 12.1 Å². The van der Waals surface area contributed by atoms with E-state index < -0.39 is 5.91 Å². The minimum atomic E-state index is -0.395. The van der Waals surface area contributed by atoms with Crippen LogP contribution in [-0.4, -0.2) is 13.0 Å². The van der Waals surface area contributed by atoms with Crippen LogP contribution in [0.5, 0.6) is 5.75 Å². The maximum Gasteiger partial charge on any atom is 0.219 e. The molecule has 4 nitrogen and oxygen atoms in total. The minimum Gasteiger partial charge on any atom is -0.497 e. The number of amides is 1. The summed E-state index contributed by atoms with van der Waals surface area (Å²) in [6.45, 7) is 0. The normalized spacial score (nSPS) is 12.1. The van der Waals surface area contributed by atoms with Crippen LogP contribution in [0.15, 0.2) is 24.3 Å². The number of rotatable bonds is 4. The Morgan fingerprint density at radius 1 is 1.43 bits per heavy atom. The van der Waals surface area contributed by atoms with E-state index in [0.29, 0.717) is 0 Å². The predicted octanol–water partition coefficient (Wildman–Crippen LogP) is 0.570. The molecule has 0 saturated heterocycles. The smallest absolute Gasteiger partial charge is 0.219 e. The van der Waals surface area contributed by atoms with E-state index in [2.05, 4.69) is 0 Å². The highest BCUT2D eigenvalue weighted by molar-refractivity contribution is 5.74. The molecule has 1 rings (SSSR count). The molecule has 1 aromatic rings. The Morgan fingerprint density at radius 3 is 2.43 bits per heavy atom. The molecule has 1 aromatic carbocycles. The van der Waals surface area contributed by atoms with Gasteiger partial charge in [-0.05, 0) is 17.7 Å². The Bertz CT molecular complexity index is 308. The first kappa shape index (κ1) is 10.5. The molecule has 1 atom stereocenters. The van der Waals surface area contributed by atoms with Gasteiger partial charge in [0.25, 0.3) is 0 Å². The van der Waals surface area contributed by atoms with Gasteiger partial charge in [-0.2, -0.15) is 0 Å². The highest BCUT2D eigenvalue weighted by Gasteiger charge is 2.08. The zero-order valence-corrected chi connectivity index (χ0v) is 8.07. The minimum absolute atomic E-state index is 0.159. The van der Waals surface area contributed by atoms with E-state index in [1.54, 1.807) is 19.2 Å². The van der Waals surface area contributed by atoms with Gasteiger partial charge >= 0.3 is 0 Å². The second-order valence-electron chi connectivity index (χ2n) is 3.05. The first-order chi connectivity index (χ1) is 6.63. The molecule has 0 aromatic heterocycles. The van der Waals surface area contributed by atoms with Gasteiger partial charge in [0.2, 0.25) is 5.91 Å². The van der Waals surface area contributed by atoms with Crippen molar-refractivity contribution in [3.63, 3.8) is 0 Å². The number of hydrogen-bond donors (Lipinski definition) is 2. The van der Waals surface area contributed by atoms with Crippen molar-refractivity contribution in [1.29, 1.82) is 0 Å². The summed E-state index contributed by atoms with van der Waals surface area (Å²) in [5.41, 5.74) is 11.7. The van der Waals surface area contributed by atoms with Crippen molar-refractivity contribution >= 4 is 5.91 Å². The summed E-state index contributed by atoms with van der Waals surface area (Å²) in [5.74, 6) is 0.369. The third-order valence-electron chi connectivity index (χ3n) is 1.97. The fraction of sp³-hybridized carbons (Fsp3) is 0.300. The number of primary amides is 1. The zero-order valence-electron chi connectivity index (χ0n) is 8.07. The number of carbonyl (C=O) groups excluding carboxylic acids is 1. The van der Waals surface area contributed by atoms with Crippen LogP contribution in [-0.2, 0) is 4.79 Å². The summed E-state index contributed by atoms with van der Waals surface area (Å²) in [6, 6.07) is 6.92. The van der Waals surface area contributed by atoms with E-state index in [9.17, 15) is 4.79 Å². The van der Waals surface area contributed by atoms with Crippen molar-refractivity contribution in [2.24, 2.45) is 11.5 Å². The third kappa shape index (κ3) is 2.74. The molecule has 0 bridgehead atoms. The molecule has 0 aliphatic carbocycles. The number of carbonyl (C=O) groups is 1. The van der Waals surface area contributed by atoms with E-state index in [4.69, 9.17) is 16.2 Å². The molecule has 4 N–H and O–H groups in total. The predicted molar refractivity (Wildman–Crippen MR) is 53.7 cm³/mol. The first-order valence-electron chi connectivity index (χ1n) is 4.31. The molecule has 0 spiro atoms. The largest absolute Gasteiger partial charge is 0.497 e. The Morgan fingerprint density at radius 2 is 2.00 bits per heavy atom. The lowest BCUT2D eigenvalue weighted by Crippen LogP contribution is -2.20. The summed E-state index contributed by atoms with van der Waals surface area (Å²) < 4.78 is 5.00. The van der Waals surface area contributed by atoms with Gasteiger partial charge in [-0.3, -0.25) is 4.79 Å². The molecule has 0 saturated carbocycles. The van der Waals surface area contributed by atoms with Crippen molar-refractivity contribution in [3.8, 4) is 5.75 Å². The molecule has 0 fully saturated rings. The standard InChI is InChI=1S/C10H14N2O2/c1-14-8-4-2-7(3-5-8)9(11)6-10(12)13/h2-5,9H,6,11H2,1H3,(H2,12,13)/t9-/m1/s1. The number of hydrogen-bond acceptors (Lipinski definition) is 3. The molecule has 76 valence electrons. The number of ether oxygens (including phenoxy) is 1. The van der Waals surface area contributed by atoms with Gasteiger partial charge in [0.15, 0.2) is 0 Å². The average molecular weight is 194 g/mol. The summed E-state index contributed by atoms with van der Waals surface area (Å²) in [6.07, 6.45) is 0.159. The molecular weight excluding hydrogens is 180 g/mol. The monoisotopic (exact) mass is 194 g/mol. The van der Waals surface area contributed by atoms with Gasteiger partial charge in [0, 0.05) is 12.5 Å². The molecule has 0 radical (unpaired) electrons. The Hall–Kier alpha value is -1.55. The van der Waals surface area contributed by atoms with Gasteiger partial charge in [-0.25, -0.2) is 0 Å². The fourth-order valence-electron chi connectivity index (χ4n) is 1.19. The second kappa shape index (κ2) is 4.62. The van der Waals surface area contributed by atoms with Crippen LogP contribution in [0.3, 0.4) is 0 Å². The molecule has 0 heterocycles. The van der Waals surface area contributed by atoms with Gasteiger partial charge in [-0.1, -0.05) is 12.1 Å². The van der Waals surface area contributed by atoms with Crippen LogP contribution < -0.4 is 16.2 Å². The summed E-state index contributed by atoms with van der Waals surface area (Å²) >= 11 is 0. The maximum atomic E-state index is 10.6. The van der Waals surface area contributed by atoms with E-state index >= 15 is 0 Å². The third-order valence-corrected chi connectivity index (χ3v) is 1.97. The Balaban J connectivity index is 2.71. The van der Waals surface area contributed by atoms with Gasteiger partial charge in [0.05, 0.1) is 7.11 Å². The number of nitrogens with two attached hydrogens (primary N) is 2. The number of methoxy groups -OCH3 is 1. The van der Waals surface area contributed by atoms with Crippen LogP contribution >= 0.6 is 0 Å². The lowest BCUT2D eigenvalue weighted by molar-refractivity contribution is -0.118. The van der Waals surface area contributed by atoms with E-state index in [-0.39, 0.29) is 12.5 Å². The van der Waals surface area contributed by atoms with E-state index in [1.165, 1.54) is 0 Å². The van der Waals surface area contributed by atoms with Crippen LogP contribution in [0.1, 0.15) is 18.0 Å². The molecule has 1 amide bonds. The molecule has 0 aliphatic rings. The van der Waals surface area contributed by atoms with Crippen molar-refractivity contribution in [2.75, 3.05) is 7.11 Å². The first-order valence-corrected chi connectivity index (χ1v) is 4.31. The second-order valence-corrected chi connectivity index (χ2v) is 3.05. The van der Waals surface area contributed by atoms with Crippen molar-refractivity contribution in [2.45, 2.75) is 12.5 Å². The number of benzene rings is 1. The topological polar surface area (TPSA) is 78.3 Å². The van der Waals surface area contributed by atoms with Crippen LogP contribution in [0.4, 0.5) is 0 Å². The molecule has 14 heavy (non-hydrogen) atoms. The van der Waals surface area contributed by atoms with Crippen molar-refractivity contribution in [1.82, 2.24) is 0 Å². The lowest BCUT2D eigenvalue weighted by atomic mass is 10.0. The van der Waals surface area contributed by atoms with Gasteiger partial charge in [0.1, 0.15) is 5.75 Å². The highest BCUT2D eigenvalue weighted by atomic mass is 16.5. The molecule has 4 heteroatoms. The van der Waals surface area contributed by atoms with Crippen molar-refractivity contribution in [3.05, 3.63) is 29.8 Å². The van der Waals surface area contributed by atoms with Crippen LogP contribution in [0, 0.1) is 0 Å². The summed E-state index contributed by atoms with van der Waals surface area (Å²) in [7, 11) is 1.60. The highest BCUT2D eigenvalue weighted by Crippen LogP contribution is 2.17. The Labute approximate surface area is 82.8 Å². The molecule has 0 unspecified atom stereocenters. The van der Waals surface area contributed by atoms with Gasteiger partial charge in [-0.15, -0.1) is 0 Å². The molecule has 0 aliphatic heterocycles. The van der Waals surface area contributed by atoms with Gasteiger partial charge < -0.3 is 16.2 Å². The lowest BCUT2D eigenvalue weighted by Gasteiger charge is -2.10. The van der Waals surface area contributed by atoms with Crippen LogP contribution in [0.25, 0.3) is 0 Å². The maximum absolute atomic E-state index is 10.6. The summed E-state index contributed by atoms with van der Waals surface area (Å²) in [4.78, 5) is 10.6. The SMILES string of the molecule is COc1ccc([C@H](N)CC(N)=O)cc1. The summed E-state index contributed by atoms with van der Waals surface area (Å²) in [5, 5.41) is 0. The molecular formula is C10H14N2O2. The van der Waals surface area contributed by atoms with Crippen molar-refractivity contribution < 1.29 is 9.53 Å². The zero-order chi connectivity index (χ0) is 10.6. The quantitative estimate of drug-likeness (QED) is 0.735. The average Bonchev–Trinajstić information content (AvgIpc) is 2.17. The van der Waals surface area contributed by atoms with E-state index in [0.717, 1.165) is 11.3 Å². The Kier molecular flexibility index (Phi) is 3.48. The fourth-order valence-corrected chi connectivity index (χ4v) is 1.19. The van der Waals surface area contributed by atoms with Crippen LogP contribution in [0.2, 0.25) is 0 Å².